The Morgan fingerprint density at radius 3 is 2.95 bits per heavy atom. The quantitative estimate of drug-likeness (QED) is 0.794. The molecule has 21 heavy (non-hydrogen) atoms. The van der Waals surface area contributed by atoms with Gasteiger partial charge in [-0.25, -0.2) is 0 Å². The minimum absolute atomic E-state index is 0.171. The van der Waals surface area contributed by atoms with E-state index in [-0.39, 0.29) is 5.91 Å². The van der Waals surface area contributed by atoms with E-state index in [9.17, 15) is 4.79 Å². The molecule has 0 aliphatic heterocycles. The van der Waals surface area contributed by atoms with E-state index < -0.39 is 0 Å². The van der Waals surface area contributed by atoms with Crippen molar-refractivity contribution >= 4 is 5.91 Å². The Balaban J connectivity index is 1.70. The highest BCUT2D eigenvalue weighted by Crippen LogP contribution is 2.18. The molecule has 0 aromatic carbocycles. The number of carbonyl (C=O) groups excluding carboxylic acids is 1. The molecule has 0 fully saturated rings. The van der Waals surface area contributed by atoms with E-state index in [1.54, 1.807) is 29.3 Å². The first kappa shape index (κ1) is 13.1. The maximum Gasteiger partial charge on any atom is 0.254 e. The van der Waals surface area contributed by atoms with Crippen LogP contribution in [0.4, 0.5) is 0 Å². The van der Waals surface area contributed by atoms with Crippen LogP contribution in [0.1, 0.15) is 15.9 Å². The van der Waals surface area contributed by atoms with Gasteiger partial charge in [0, 0.05) is 43.3 Å². The molecule has 1 N–H and O–H groups in total. The lowest BCUT2D eigenvalue weighted by Gasteiger charge is -2.05. The number of nitrogens with zero attached hydrogens (tertiary/aromatic N) is 3. The third kappa shape index (κ3) is 3.00. The van der Waals surface area contributed by atoms with Crippen molar-refractivity contribution in [3.05, 3.63) is 60.6 Å². The van der Waals surface area contributed by atoms with Crippen LogP contribution >= 0.6 is 0 Å². The third-order valence-corrected chi connectivity index (χ3v) is 3.07. The van der Waals surface area contributed by atoms with Crippen LogP contribution in [0.2, 0.25) is 0 Å². The van der Waals surface area contributed by atoms with Crippen molar-refractivity contribution in [3.8, 4) is 11.1 Å². The van der Waals surface area contributed by atoms with Crippen molar-refractivity contribution < 1.29 is 9.21 Å². The normalized spacial score (nSPS) is 10.5. The Labute approximate surface area is 121 Å². The van der Waals surface area contributed by atoms with E-state index >= 15 is 0 Å². The zero-order valence-electron chi connectivity index (χ0n) is 11.5. The summed E-state index contributed by atoms with van der Waals surface area (Å²) in [6.45, 7) is 0.408. The molecule has 3 aromatic heterocycles. The lowest BCUT2D eigenvalue weighted by atomic mass is 10.1. The van der Waals surface area contributed by atoms with E-state index in [0.717, 1.165) is 16.7 Å². The summed E-state index contributed by atoms with van der Waals surface area (Å²) in [5, 5.41) is 6.96. The van der Waals surface area contributed by atoms with Crippen molar-refractivity contribution in [1.82, 2.24) is 20.1 Å². The molecule has 0 radical (unpaired) electrons. The van der Waals surface area contributed by atoms with Crippen LogP contribution in [-0.4, -0.2) is 20.7 Å². The Hall–Kier alpha value is -2.89. The Morgan fingerprint density at radius 2 is 2.24 bits per heavy atom. The van der Waals surface area contributed by atoms with Crippen LogP contribution in [0.5, 0.6) is 0 Å². The molecule has 0 aliphatic carbocycles. The molecule has 0 saturated heterocycles. The molecule has 3 aromatic rings. The Kier molecular flexibility index (Phi) is 3.51. The van der Waals surface area contributed by atoms with Gasteiger partial charge in [-0.1, -0.05) is 0 Å². The molecule has 1 amide bonds. The number of amides is 1. The first-order chi connectivity index (χ1) is 10.2. The number of aryl methyl sites for hydroxylation is 1. The van der Waals surface area contributed by atoms with Gasteiger partial charge >= 0.3 is 0 Å². The summed E-state index contributed by atoms with van der Waals surface area (Å²) in [5.41, 5.74) is 3.39. The van der Waals surface area contributed by atoms with Crippen LogP contribution in [0.15, 0.2) is 53.9 Å². The van der Waals surface area contributed by atoms with Crippen molar-refractivity contribution in [3.63, 3.8) is 0 Å². The SMILES string of the molecule is Cn1cc(-c2cncc(CNC(=O)c3ccoc3)c2)cn1. The second-order valence-electron chi connectivity index (χ2n) is 4.68. The van der Waals surface area contributed by atoms with E-state index in [0.29, 0.717) is 12.1 Å². The standard InChI is InChI=1S/C15H14N4O2/c1-19-9-14(8-18-19)13-4-11(5-16-7-13)6-17-15(20)12-2-3-21-10-12/h2-5,7-10H,6H2,1H3,(H,17,20). The molecular weight excluding hydrogens is 268 g/mol. The van der Waals surface area contributed by atoms with Gasteiger partial charge in [0.15, 0.2) is 0 Å². The Morgan fingerprint density at radius 1 is 1.33 bits per heavy atom. The van der Waals surface area contributed by atoms with Gasteiger partial charge in [-0.15, -0.1) is 0 Å². The number of rotatable bonds is 4. The van der Waals surface area contributed by atoms with E-state index in [4.69, 9.17) is 4.42 Å². The summed E-state index contributed by atoms with van der Waals surface area (Å²) in [4.78, 5) is 16.0. The fourth-order valence-corrected chi connectivity index (χ4v) is 1.99. The molecule has 0 saturated carbocycles. The molecule has 106 valence electrons. The molecule has 0 atom stereocenters. The molecule has 0 aliphatic rings. The molecule has 3 rings (SSSR count). The monoisotopic (exact) mass is 282 g/mol. The van der Waals surface area contributed by atoms with Crippen molar-refractivity contribution in [2.45, 2.75) is 6.54 Å². The summed E-state index contributed by atoms with van der Waals surface area (Å²) < 4.78 is 6.62. The predicted molar refractivity (Wildman–Crippen MR) is 76.3 cm³/mol. The first-order valence-corrected chi connectivity index (χ1v) is 6.46. The number of carbonyl (C=O) groups is 1. The zero-order chi connectivity index (χ0) is 14.7. The van der Waals surface area contributed by atoms with Gasteiger partial charge in [-0.05, 0) is 17.7 Å². The summed E-state index contributed by atoms with van der Waals surface area (Å²) in [5.74, 6) is -0.171. The minimum Gasteiger partial charge on any atom is -0.472 e. The fourth-order valence-electron chi connectivity index (χ4n) is 1.99. The lowest BCUT2D eigenvalue weighted by Crippen LogP contribution is -2.22. The van der Waals surface area contributed by atoms with Crippen LogP contribution in [0, 0.1) is 0 Å². The van der Waals surface area contributed by atoms with Crippen molar-refractivity contribution in [2.24, 2.45) is 7.05 Å². The maximum absolute atomic E-state index is 11.8. The molecule has 0 spiro atoms. The van der Waals surface area contributed by atoms with Crippen LogP contribution < -0.4 is 5.32 Å². The number of hydrogen-bond acceptors (Lipinski definition) is 4. The van der Waals surface area contributed by atoms with E-state index in [2.05, 4.69) is 15.4 Å². The van der Waals surface area contributed by atoms with Crippen molar-refractivity contribution in [1.29, 1.82) is 0 Å². The highest BCUT2D eigenvalue weighted by atomic mass is 16.3. The lowest BCUT2D eigenvalue weighted by molar-refractivity contribution is 0.0950. The van der Waals surface area contributed by atoms with E-state index in [1.807, 2.05) is 19.3 Å². The molecule has 0 bridgehead atoms. The van der Waals surface area contributed by atoms with Gasteiger partial charge in [0.05, 0.1) is 18.0 Å². The highest BCUT2D eigenvalue weighted by molar-refractivity contribution is 5.93. The van der Waals surface area contributed by atoms with Crippen LogP contribution in [-0.2, 0) is 13.6 Å². The van der Waals surface area contributed by atoms with Gasteiger partial charge in [0.1, 0.15) is 6.26 Å². The number of hydrogen-bond donors (Lipinski definition) is 1. The number of pyridine rings is 1. The van der Waals surface area contributed by atoms with Gasteiger partial charge < -0.3 is 9.73 Å². The minimum atomic E-state index is -0.171. The Bertz CT molecular complexity index is 747. The first-order valence-electron chi connectivity index (χ1n) is 6.46. The second kappa shape index (κ2) is 5.62. The number of nitrogens with one attached hydrogen (secondary N) is 1. The molecule has 0 unspecified atom stereocenters. The topological polar surface area (TPSA) is 73.0 Å². The van der Waals surface area contributed by atoms with Crippen LogP contribution in [0.25, 0.3) is 11.1 Å². The van der Waals surface area contributed by atoms with Gasteiger partial charge in [0.2, 0.25) is 0 Å². The van der Waals surface area contributed by atoms with E-state index in [1.165, 1.54) is 12.5 Å². The largest absolute Gasteiger partial charge is 0.472 e. The molecule has 6 heteroatoms. The van der Waals surface area contributed by atoms with Crippen molar-refractivity contribution in [2.75, 3.05) is 0 Å². The van der Waals surface area contributed by atoms with Gasteiger partial charge in [0.25, 0.3) is 5.91 Å². The smallest absolute Gasteiger partial charge is 0.254 e. The molecular formula is C15H14N4O2. The maximum atomic E-state index is 11.8. The summed E-state index contributed by atoms with van der Waals surface area (Å²) in [6.07, 6.45) is 10.1. The van der Waals surface area contributed by atoms with Crippen LogP contribution in [0.3, 0.4) is 0 Å². The predicted octanol–water partition coefficient (Wildman–Crippen LogP) is 2.01. The second-order valence-corrected chi connectivity index (χ2v) is 4.68. The average Bonchev–Trinajstić information content (AvgIpc) is 3.16. The average molecular weight is 282 g/mol. The molecule has 6 nitrogen and oxygen atoms in total. The summed E-state index contributed by atoms with van der Waals surface area (Å²) in [7, 11) is 1.87. The fraction of sp³-hybridized carbons (Fsp3) is 0.133. The zero-order valence-corrected chi connectivity index (χ0v) is 11.5. The highest BCUT2D eigenvalue weighted by Gasteiger charge is 2.07. The number of aromatic nitrogens is 3. The number of furan rings is 1. The van der Waals surface area contributed by atoms with Gasteiger partial charge in [-0.2, -0.15) is 5.10 Å². The van der Waals surface area contributed by atoms with Gasteiger partial charge in [-0.3, -0.25) is 14.5 Å². The third-order valence-electron chi connectivity index (χ3n) is 3.07. The summed E-state index contributed by atoms with van der Waals surface area (Å²) >= 11 is 0. The molecule has 3 heterocycles. The summed E-state index contributed by atoms with van der Waals surface area (Å²) in [6, 6.07) is 3.61.